The summed E-state index contributed by atoms with van der Waals surface area (Å²) in [5, 5.41) is 0. The lowest BCUT2D eigenvalue weighted by Gasteiger charge is -2.30. The highest BCUT2D eigenvalue weighted by atomic mass is 19.1. The largest absolute Gasteiger partial charge is 0.326 e. The molecule has 1 aromatic heterocycles. The van der Waals surface area contributed by atoms with Crippen LogP contribution in [-0.2, 0) is 6.54 Å². The van der Waals surface area contributed by atoms with Crippen LogP contribution >= 0.6 is 0 Å². The van der Waals surface area contributed by atoms with Gasteiger partial charge in [-0.3, -0.25) is 14.7 Å². The predicted molar refractivity (Wildman–Crippen MR) is 88.3 cm³/mol. The molecule has 0 saturated carbocycles. The van der Waals surface area contributed by atoms with Gasteiger partial charge in [-0.1, -0.05) is 30.4 Å². The van der Waals surface area contributed by atoms with Crippen molar-refractivity contribution < 1.29 is 4.39 Å². The molecule has 0 unspecified atom stereocenters. The Bertz CT molecular complexity index is 733. The average Bonchev–Trinajstić information content (AvgIpc) is 2.57. The summed E-state index contributed by atoms with van der Waals surface area (Å²) in [5.41, 5.74) is 1.08. The Kier molecular flexibility index (Phi) is 4.98. The Morgan fingerprint density at radius 2 is 2.09 bits per heavy atom. The summed E-state index contributed by atoms with van der Waals surface area (Å²) in [6, 6.07) is 6.81. The molecule has 0 radical (unpaired) electrons. The maximum absolute atomic E-state index is 13.6. The van der Waals surface area contributed by atoms with E-state index in [-0.39, 0.29) is 11.4 Å². The van der Waals surface area contributed by atoms with Gasteiger partial charge >= 0.3 is 0 Å². The number of nitrogens with one attached hydrogen (secondary N) is 1. The molecule has 2 heterocycles. The summed E-state index contributed by atoms with van der Waals surface area (Å²) in [5.74, 6) is 0.267. The Hall–Kier alpha value is -2.27. The summed E-state index contributed by atoms with van der Waals surface area (Å²) < 4.78 is 13.6. The van der Waals surface area contributed by atoms with Crippen molar-refractivity contribution in [1.82, 2.24) is 14.9 Å². The van der Waals surface area contributed by atoms with Gasteiger partial charge in [0.05, 0.1) is 0 Å². The smallest absolute Gasteiger partial charge is 0.270 e. The van der Waals surface area contributed by atoms with Crippen molar-refractivity contribution in [3.05, 3.63) is 70.2 Å². The number of piperidine rings is 1. The second-order valence-corrected chi connectivity index (χ2v) is 5.86. The van der Waals surface area contributed by atoms with Gasteiger partial charge in [-0.15, -0.1) is 0 Å². The first kappa shape index (κ1) is 15.6. The lowest BCUT2D eigenvalue weighted by atomic mass is 9.95. The predicted octanol–water partition coefficient (Wildman–Crippen LogP) is 2.83. The Balaban J connectivity index is 1.54. The third kappa shape index (κ3) is 4.13. The van der Waals surface area contributed by atoms with E-state index in [1.165, 1.54) is 6.07 Å². The van der Waals surface area contributed by atoms with E-state index in [0.29, 0.717) is 23.7 Å². The number of likely N-dealkylation sites (tertiary alicyclic amines) is 1. The van der Waals surface area contributed by atoms with E-state index in [9.17, 15) is 9.18 Å². The molecule has 3 rings (SSSR count). The minimum absolute atomic E-state index is 0.117. The summed E-state index contributed by atoms with van der Waals surface area (Å²) in [6.45, 7) is 2.42. The van der Waals surface area contributed by atoms with Gasteiger partial charge in [0.15, 0.2) is 0 Å². The molecule has 5 heteroatoms. The molecule has 23 heavy (non-hydrogen) atoms. The third-order valence-electron chi connectivity index (χ3n) is 4.24. The fraction of sp³-hybridized carbons (Fsp3) is 0.333. The van der Waals surface area contributed by atoms with Crippen molar-refractivity contribution in [3.8, 4) is 0 Å². The highest BCUT2D eigenvalue weighted by Gasteiger charge is 2.18. The molecule has 1 N–H and O–H groups in total. The van der Waals surface area contributed by atoms with Crippen molar-refractivity contribution in [3.63, 3.8) is 0 Å². The molecule has 0 atom stereocenters. The number of aromatic amines is 1. The SMILES string of the molecule is O=c1[nH]ccnc1CN1CCC(C=Cc2ccccc2F)CC1. The number of nitrogens with zero attached hydrogens (tertiary/aromatic N) is 2. The van der Waals surface area contributed by atoms with Gasteiger partial charge in [-0.25, -0.2) is 4.39 Å². The maximum atomic E-state index is 13.6. The van der Waals surface area contributed by atoms with Gasteiger partial charge in [0.25, 0.3) is 5.56 Å². The fourth-order valence-electron chi connectivity index (χ4n) is 2.86. The molecule has 0 bridgehead atoms. The first-order valence-electron chi connectivity index (χ1n) is 7.90. The van der Waals surface area contributed by atoms with Gasteiger partial charge in [0.2, 0.25) is 0 Å². The van der Waals surface area contributed by atoms with Crippen LogP contribution in [0.15, 0.2) is 47.5 Å². The lowest BCUT2D eigenvalue weighted by molar-refractivity contribution is 0.193. The van der Waals surface area contributed by atoms with Crippen LogP contribution < -0.4 is 5.56 Å². The van der Waals surface area contributed by atoms with E-state index in [1.54, 1.807) is 24.5 Å². The first-order chi connectivity index (χ1) is 11.2. The van der Waals surface area contributed by atoms with Crippen molar-refractivity contribution in [2.45, 2.75) is 19.4 Å². The molecule has 0 amide bonds. The molecule has 4 nitrogen and oxygen atoms in total. The van der Waals surface area contributed by atoms with Crippen LogP contribution in [0.4, 0.5) is 4.39 Å². The van der Waals surface area contributed by atoms with E-state index >= 15 is 0 Å². The number of benzene rings is 1. The Labute approximate surface area is 134 Å². The molecule has 1 saturated heterocycles. The van der Waals surface area contributed by atoms with Crippen LogP contribution in [0.5, 0.6) is 0 Å². The second kappa shape index (κ2) is 7.33. The second-order valence-electron chi connectivity index (χ2n) is 5.86. The van der Waals surface area contributed by atoms with E-state index in [1.807, 2.05) is 12.1 Å². The van der Waals surface area contributed by atoms with Gasteiger partial charge in [-0.2, -0.15) is 0 Å². The molecular formula is C18H20FN3O. The van der Waals surface area contributed by atoms with Crippen molar-refractivity contribution in [2.24, 2.45) is 5.92 Å². The summed E-state index contributed by atoms with van der Waals surface area (Å²) in [4.78, 5) is 20.7. The standard InChI is InChI=1S/C18H20FN3O/c19-16-4-2-1-3-15(16)6-5-14-7-11-22(12-8-14)13-17-18(23)21-10-9-20-17/h1-6,9-10,14H,7-8,11-13H2,(H,21,23). The molecule has 120 valence electrons. The van der Waals surface area contributed by atoms with Crippen LogP contribution in [0, 0.1) is 11.7 Å². The van der Waals surface area contributed by atoms with Crippen molar-refractivity contribution >= 4 is 6.08 Å². The number of halogens is 1. The van der Waals surface area contributed by atoms with Gasteiger partial charge in [-0.05, 0) is 37.9 Å². The number of aromatic nitrogens is 2. The Morgan fingerprint density at radius 1 is 1.30 bits per heavy atom. The molecule has 2 aromatic rings. The highest BCUT2D eigenvalue weighted by molar-refractivity contribution is 5.50. The first-order valence-corrected chi connectivity index (χ1v) is 7.90. The maximum Gasteiger partial charge on any atom is 0.270 e. The Morgan fingerprint density at radius 3 is 2.83 bits per heavy atom. The van der Waals surface area contributed by atoms with Gasteiger partial charge in [0, 0.05) is 24.5 Å². The molecule has 0 spiro atoms. The van der Waals surface area contributed by atoms with E-state index in [0.717, 1.165) is 25.9 Å². The van der Waals surface area contributed by atoms with Crippen molar-refractivity contribution in [1.29, 1.82) is 0 Å². The molecule has 0 aliphatic carbocycles. The molecule has 1 aliphatic heterocycles. The minimum atomic E-state index is -0.185. The zero-order valence-corrected chi connectivity index (χ0v) is 12.9. The van der Waals surface area contributed by atoms with E-state index < -0.39 is 0 Å². The van der Waals surface area contributed by atoms with Gasteiger partial charge in [0.1, 0.15) is 11.5 Å². The molecule has 1 aromatic carbocycles. The molecular weight excluding hydrogens is 293 g/mol. The molecule has 1 fully saturated rings. The fourth-order valence-corrected chi connectivity index (χ4v) is 2.86. The van der Waals surface area contributed by atoms with Crippen LogP contribution in [0.2, 0.25) is 0 Å². The lowest BCUT2D eigenvalue weighted by Crippen LogP contribution is -2.34. The number of hydrogen-bond donors (Lipinski definition) is 1. The molecule has 1 aliphatic rings. The summed E-state index contributed by atoms with van der Waals surface area (Å²) in [6.07, 6.45) is 9.15. The number of hydrogen-bond acceptors (Lipinski definition) is 3. The highest BCUT2D eigenvalue weighted by Crippen LogP contribution is 2.21. The summed E-state index contributed by atoms with van der Waals surface area (Å²) >= 11 is 0. The van der Waals surface area contributed by atoms with Crippen molar-refractivity contribution in [2.75, 3.05) is 13.1 Å². The minimum Gasteiger partial charge on any atom is -0.326 e. The van der Waals surface area contributed by atoms with E-state index in [4.69, 9.17) is 0 Å². The van der Waals surface area contributed by atoms with Crippen LogP contribution in [-0.4, -0.2) is 28.0 Å². The van der Waals surface area contributed by atoms with Crippen LogP contribution in [0.3, 0.4) is 0 Å². The van der Waals surface area contributed by atoms with E-state index in [2.05, 4.69) is 20.9 Å². The zero-order valence-electron chi connectivity index (χ0n) is 12.9. The quantitative estimate of drug-likeness (QED) is 0.944. The van der Waals surface area contributed by atoms with Crippen LogP contribution in [0.25, 0.3) is 6.08 Å². The summed E-state index contributed by atoms with van der Waals surface area (Å²) in [7, 11) is 0. The number of H-pyrrole nitrogens is 1. The average molecular weight is 313 g/mol. The topological polar surface area (TPSA) is 49.0 Å². The zero-order chi connectivity index (χ0) is 16.1. The monoisotopic (exact) mass is 313 g/mol. The number of rotatable bonds is 4. The normalized spacial score (nSPS) is 16.9. The van der Waals surface area contributed by atoms with Gasteiger partial charge < -0.3 is 4.98 Å². The van der Waals surface area contributed by atoms with Crippen LogP contribution in [0.1, 0.15) is 24.1 Å². The third-order valence-corrected chi connectivity index (χ3v) is 4.24. The number of allylic oxidation sites excluding steroid dienone is 1.